The molecule has 2 aliphatic rings. The standard InChI is InChI=1S/C15H27BrN2O2S/c16-9-3-1-2-4-14-17-10-11-21(14)13-7-5-12(6-8-13)18-15(19)20/h12-13,18,21H,1-11H2,(H,19,20). The Bertz CT molecular complexity index is 371. The quantitative estimate of drug-likeness (QED) is 0.357. The van der Waals surface area contributed by atoms with Crippen LogP contribution in [0.4, 0.5) is 4.79 Å². The predicted molar refractivity (Wildman–Crippen MR) is 95.6 cm³/mol. The number of nitrogens with zero attached hydrogens (tertiary/aromatic N) is 1. The van der Waals surface area contributed by atoms with E-state index in [0.717, 1.165) is 30.0 Å². The summed E-state index contributed by atoms with van der Waals surface area (Å²) >= 11 is 3.49. The smallest absolute Gasteiger partial charge is 0.404 e. The van der Waals surface area contributed by atoms with E-state index in [2.05, 4.69) is 21.2 Å². The molecule has 0 bridgehead atoms. The fourth-order valence-corrected chi connectivity index (χ4v) is 6.79. The highest BCUT2D eigenvalue weighted by Crippen LogP contribution is 2.45. The highest BCUT2D eigenvalue weighted by molar-refractivity contribution is 9.09. The second-order valence-electron chi connectivity index (χ2n) is 5.95. The van der Waals surface area contributed by atoms with Gasteiger partial charge in [0.1, 0.15) is 0 Å². The van der Waals surface area contributed by atoms with Crippen LogP contribution >= 0.6 is 26.8 Å². The van der Waals surface area contributed by atoms with E-state index >= 15 is 0 Å². The Hall–Kier alpha value is -0.230. The van der Waals surface area contributed by atoms with E-state index in [1.54, 1.807) is 0 Å². The first-order chi connectivity index (χ1) is 10.2. The zero-order valence-electron chi connectivity index (χ0n) is 12.6. The van der Waals surface area contributed by atoms with Gasteiger partial charge in [0.15, 0.2) is 0 Å². The summed E-state index contributed by atoms with van der Waals surface area (Å²) < 4.78 is 0. The Balaban J connectivity index is 1.74. The molecule has 1 aliphatic carbocycles. The van der Waals surface area contributed by atoms with Crippen molar-refractivity contribution < 1.29 is 9.90 Å². The summed E-state index contributed by atoms with van der Waals surface area (Å²) in [6.07, 6.45) is 8.53. The van der Waals surface area contributed by atoms with Gasteiger partial charge in [0, 0.05) is 23.0 Å². The van der Waals surface area contributed by atoms with Crippen LogP contribution < -0.4 is 5.32 Å². The van der Waals surface area contributed by atoms with Crippen molar-refractivity contribution >= 4 is 38.0 Å². The Kier molecular flexibility index (Phi) is 7.37. The van der Waals surface area contributed by atoms with Crippen LogP contribution in [0.25, 0.3) is 0 Å². The highest BCUT2D eigenvalue weighted by Gasteiger charge is 2.30. The van der Waals surface area contributed by atoms with Crippen LogP contribution in [0.1, 0.15) is 51.4 Å². The summed E-state index contributed by atoms with van der Waals surface area (Å²) in [6.45, 7) is 1.03. The van der Waals surface area contributed by atoms with Gasteiger partial charge in [0.05, 0.1) is 0 Å². The number of thiol groups is 1. The zero-order chi connectivity index (χ0) is 15.1. The van der Waals surface area contributed by atoms with E-state index in [1.807, 2.05) is 0 Å². The van der Waals surface area contributed by atoms with Crippen molar-refractivity contribution in [2.24, 2.45) is 4.99 Å². The number of amides is 1. The van der Waals surface area contributed by atoms with Crippen LogP contribution in [0.15, 0.2) is 4.99 Å². The second-order valence-corrected chi connectivity index (χ2v) is 9.37. The van der Waals surface area contributed by atoms with Gasteiger partial charge in [-0.15, -0.1) is 0 Å². The van der Waals surface area contributed by atoms with Crippen LogP contribution in [-0.4, -0.2) is 45.2 Å². The topological polar surface area (TPSA) is 61.7 Å². The number of hydrogen-bond acceptors (Lipinski definition) is 2. The second kappa shape index (κ2) is 9.03. The maximum Gasteiger partial charge on any atom is 0.404 e. The molecule has 1 fully saturated rings. The van der Waals surface area contributed by atoms with E-state index in [4.69, 9.17) is 10.1 Å². The lowest BCUT2D eigenvalue weighted by molar-refractivity contribution is 0.186. The molecule has 0 spiro atoms. The first kappa shape index (κ1) is 17.1. The van der Waals surface area contributed by atoms with Gasteiger partial charge in [-0.25, -0.2) is 15.7 Å². The number of carboxylic acid groups (broad SMARTS) is 1. The number of alkyl halides is 1. The minimum atomic E-state index is -0.876. The lowest BCUT2D eigenvalue weighted by atomic mass is 9.95. The number of aliphatic imine (C=N–C) groups is 1. The van der Waals surface area contributed by atoms with Crippen LogP contribution in [0.3, 0.4) is 0 Å². The summed E-state index contributed by atoms with van der Waals surface area (Å²) in [5.41, 5.74) is 0. The molecular weight excluding hydrogens is 352 g/mol. The number of unbranched alkanes of at least 4 members (excludes halogenated alkanes) is 2. The molecule has 0 radical (unpaired) electrons. The van der Waals surface area contributed by atoms with Crippen molar-refractivity contribution in [3.05, 3.63) is 0 Å². The molecule has 4 nitrogen and oxygen atoms in total. The average Bonchev–Trinajstić information content (AvgIpc) is 2.92. The highest BCUT2D eigenvalue weighted by atomic mass is 79.9. The van der Waals surface area contributed by atoms with Gasteiger partial charge in [-0.2, -0.15) is 0 Å². The van der Waals surface area contributed by atoms with Crippen molar-refractivity contribution in [2.45, 2.75) is 62.7 Å². The normalized spacial score (nSPS) is 30.9. The van der Waals surface area contributed by atoms with E-state index < -0.39 is 6.09 Å². The van der Waals surface area contributed by atoms with Gasteiger partial charge in [-0.3, -0.25) is 4.99 Å². The summed E-state index contributed by atoms with van der Waals surface area (Å²) in [5.74, 6) is 1.28. The Labute approximate surface area is 138 Å². The molecule has 1 heterocycles. The van der Waals surface area contributed by atoms with Crippen molar-refractivity contribution in [3.63, 3.8) is 0 Å². The van der Waals surface area contributed by atoms with Gasteiger partial charge in [-0.05, 0) is 55.9 Å². The number of nitrogens with one attached hydrogen (secondary N) is 1. The van der Waals surface area contributed by atoms with Crippen molar-refractivity contribution in [1.29, 1.82) is 0 Å². The number of carbonyl (C=O) groups is 1. The van der Waals surface area contributed by atoms with Crippen LogP contribution in [0.5, 0.6) is 0 Å². The van der Waals surface area contributed by atoms with Gasteiger partial charge >= 0.3 is 6.09 Å². The molecule has 21 heavy (non-hydrogen) atoms. The van der Waals surface area contributed by atoms with Crippen LogP contribution in [-0.2, 0) is 0 Å². The van der Waals surface area contributed by atoms with Crippen molar-refractivity contribution in [3.8, 4) is 0 Å². The molecule has 2 rings (SSSR count). The van der Waals surface area contributed by atoms with Crippen molar-refractivity contribution in [1.82, 2.24) is 5.32 Å². The lowest BCUT2D eigenvalue weighted by Gasteiger charge is -2.35. The third-order valence-corrected chi connectivity index (χ3v) is 8.13. The van der Waals surface area contributed by atoms with E-state index in [9.17, 15) is 4.79 Å². The third-order valence-electron chi connectivity index (χ3n) is 4.47. The fraction of sp³-hybridized carbons (Fsp3) is 0.867. The van der Waals surface area contributed by atoms with Crippen LogP contribution in [0.2, 0.25) is 0 Å². The molecule has 0 aromatic rings. The summed E-state index contributed by atoms with van der Waals surface area (Å²) in [6, 6.07) is 0.177. The SMILES string of the molecule is O=C(O)NC1CCC([SH]2CCN=C2CCCCCBr)CC1. The molecule has 0 aromatic carbocycles. The largest absolute Gasteiger partial charge is 0.465 e. The minimum absolute atomic E-state index is 0.0239. The zero-order valence-corrected chi connectivity index (χ0v) is 15.0. The molecule has 122 valence electrons. The van der Waals surface area contributed by atoms with Crippen LogP contribution in [0, 0.1) is 0 Å². The average molecular weight is 379 g/mol. The molecule has 1 unspecified atom stereocenters. The first-order valence-electron chi connectivity index (χ1n) is 8.06. The third kappa shape index (κ3) is 5.47. The molecule has 1 aliphatic heterocycles. The minimum Gasteiger partial charge on any atom is -0.465 e. The van der Waals surface area contributed by atoms with Gasteiger partial charge < -0.3 is 10.4 Å². The Morgan fingerprint density at radius 1 is 1.29 bits per heavy atom. The molecular formula is C15H27BrN2O2S. The molecule has 0 saturated heterocycles. The van der Waals surface area contributed by atoms with Crippen molar-refractivity contribution in [2.75, 3.05) is 17.6 Å². The van der Waals surface area contributed by atoms with Gasteiger partial charge in [0.25, 0.3) is 0 Å². The maximum atomic E-state index is 10.7. The molecule has 1 saturated carbocycles. The molecule has 2 N–H and O–H groups in total. The van der Waals surface area contributed by atoms with E-state index in [-0.39, 0.29) is 16.9 Å². The number of hydrogen-bond donors (Lipinski definition) is 3. The summed E-state index contributed by atoms with van der Waals surface area (Å²) in [7, 11) is -0.0239. The lowest BCUT2D eigenvalue weighted by Crippen LogP contribution is -2.38. The maximum absolute atomic E-state index is 10.7. The number of rotatable bonds is 7. The monoisotopic (exact) mass is 378 g/mol. The molecule has 1 atom stereocenters. The van der Waals surface area contributed by atoms with Gasteiger partial charge in [-0.1, -0.05) is 22.4 Å². The van der Waals surface area contributed by atoms with Gasteiger partial charge in [0.2, 0.25) is 0 Å². The Morgan fingerprint density at radius 2 is 2.05 bits per heavy atom. The summed E-state index contributed by atoms with van der Waals surface area (Å²) in [5, 5.41) is 14.9. The van der Waals surface area contributed by atoms with E-state index in [0.29, 0.717) is 0 Å². The summed E-state index contributed by atoms with van der Waals surface area (Å²) in [4.78, 5) is 15.5. The first-order valence-corrected chi connectivity index (χ1v) is 10.8. The number of halogens is 1. The van der Waals surface area contributed by atoms with E-state index in [1.165, 1.54) is 49.3 Å². The molecule has 0 aromatic heterocycles. The fourth-order valence-electron chi connectivity index (χ4n) is 3.38. The molecule has 6 heteroatoms. The Morgan fingerprint density at radius 3 is 2.71 bits per heavy atom. The molecule has 1 amide bonds. The predicted octanol–water partition coefficient (Wildman–Crippen LogP) is 3.93.